The maximum atomic E-state index is 11.1. The number of Topliss-reactive ketones (excluding diaryl/α,β-unsaturated/α-hetero) is 1. The summed E-state index contributed by atoms with van der Waals surface area (Å²) in [6, 6.07) is -1.06. The summed E-state index contributed by atoms with van der Waals surface area (Å²) in [5.74, 6) is -0.803. The quantitative estimate of drug-likeness (QED) is 0.502. The zero-order valence-electron chi connectivity index (χ0n) is 6.78. The van der Waals surface area contributed by atoms with E-state index in [1.54, 1.807) is 0 Å². The Hall–Kier alpha value is -0.610. The van der Waals surface area contributed by atoms with Gasteiger partial charge in [-0.25, -0.2) is 4.79 Å². The highest BCUT2D eigenvalue weighted by Crippen LogP contribution is 2.30. The lowest BCUT2D eigenvalue weighted by Gasteiger charge is -2.05. The second-order valence-corrected chi connectivity index (χ2v) is 2.68. The largest absolute Gasteiger partial charge is 0.468 e. The van der Waals surface area contributed by atoms with E-state index < -0.39 is 12.0 Å². The van der Waals surface area contributed by atoms with E-state index in [-0.39, 0.29) is 24.1 Å². The van der Waals surface area contributed by atoms with Gasteiger partial charge in [0.1, 0.15) is 0 Å². The van der Waals surface area contributed by atoms with Gasteiger partial charge in [-0.1, -0.05) is 0 Å². The fourth-order valence-corrected chi connectivity index (χ4v) is 0.865. The number of methoxy groups -OCH3 is 1. The number of ether oxygens (including phenoxy) is 1. The van der Waals surface area contributed by atoms with Gasteiger partial charge in [-0.05, 0) is 12.8 Å². The van der Waals surface area contributed by atoms with Crippen LogP contribution in [0.15, 0.2) is 0 Å². The summed E-state index contributed by atoms with van der Waals surface area (Å²) in [4.78, 5) is 21.8. The van der Waals surface area contributed by atoms with Gasteiger partial charge in [0.15, 0.2) is 11.8 Å². The lowest BCUT2D eigenvalue weighted by atomic mass is 10.1. The summed E-state index contributed by atoms with van der Waals surface area (Å²) in [5.41, 5.74) is 5.29. The zero-order valence-corrected chi connectivity index (χ0v) is 7.60. The van der Waals surface area contributed by atoms with Gasteiger partial charge < -0.3 is 10.5 Å². The first kappa shape index (κ1) is 11.4. The molecule has 2 N–H and O–H groups in total. The SMILES string of the molecule is COC(=O)C(N)C(=O)C1CC1.Cl. The minimum Gasteiger partial charge on any atom is -0.468 e. The highest BCUT2D eigenvalue weighted by Gasteiger charge is 2.36. The Morgan fingerprint density at radius 1 is 1.50 bits per heavy atom. The third kappa shape index (κ3) is 2.46. The average Bonchev–Trinajstić information content (AvgIpc) is 2.82. The van der Waals surface area contributed by atoms with Crippen molar-refractivity contribution in [1.82, 2.24) is 0 Å². The topological polar surface area (TPSA) is 69.4 Å². The molecule has 0 aromatic rings. The minimum absolute atomic E-state index is 0. The van der Waals surface area contributed by atoms with Gasteiger partial charge in [0, 0.05) is 5.92 Å². The van der Waals surface area contributed by atoms with Crippen LogP contribution in [0.3, 0.4) is 0 Å². The van der Waals surface area contributed by atoms with Crippen molar-refractivity contribution in [3.8, 4) is 0 Å². The minimum atomic E-state index is -1.06. The third-order valence-corrected chi connectivity index (χ3v) is 1.74. The van der Waals surface area contributed by atoms with Crippen molar-refractivity contribution in [3.63, 3.8) is 0 Å². The molecule has 0 heterocycles. The Balaban J connectivity index is 0.00000121. The predicted molar refractivity (Wildman–Crippen MR) is 45.0 cm³/mol. The molecule has 1 atom stereocenters. The van der Waals surface area contributed by atoms with Crippen LogP contribution in [-0.4, -0.2) is 24.9 Å². The van der Waals surface area contributed by atoms with Gasteiger partial charge in [0.2, 0.25) is 0 Å². The van der Waals surface area contributed by atoms with Gasteiger partial charge >= 0.3 is 5.97 Å². The number of rotatable bonds is 3. The molecule has 0 amide bonds. The van der Waals surface area contributed by atoms with E-state index in [1.165, 1.54) is 7.11 Å². The molecule has 1 rings (SSSR count). The number of hydrogen-bond donors (Lipinski definition) is 1. The summed E-state index contributed by atoms with van der Waals surface area (Å²) < 4.78 is 4.33. The average molecular weight is 194 g/mol. The lowest BCUT2D eigenvalue weighted by molar-refractivity contribution is -0.145. The summed E-state index contributed by atoms with van der Waals surface area (Å²) in [6.07, 6.45) is 1.73. The molecule has 1 saturated carbocycles. The van der Waals surface area contributed by atoms with Crippen LogP contribution in [0, 0.1) is 5.92 Å². The van der Waals surface area contributed by atoms with Crippen LogP contribution in [0.25, 0.3) is 0 Å². The zero-order chi connectivity index (χ0) is 8.43. The summed E-state index contributed by atoms with van der Waals surface area (Å²) in [7, 11) is 1.22. The number of carbonyl (C=O) groups excluding carboxylic acids is 2. The van der Waals surface area contributed by atoms with Gasteiger partial charge in [-0.15, -0.1) is 12.4 Å². The van der Waals surface area contributed by atoms with E-state index in [1.807, 2.05) is 0 Å². The molecule has 0 aromatic carbocycles. The fraction of sp³-hybridized carbons (Fsp3) is 0.714. The number of halogens is 1. The summed E-state index contributed by atoms with van der Waals surface area (Å²) in [5, 5.41) is 0. The van der Waals surface area contributed by atoms with Crippen LogP contribution in [0.2, 0.25) is 0 Å². The maximum absolute atomic E-state index is 11.1. The maximum Gasteiger partial charge on any atom is 0.330 e. The van der Waals surface area contributed by atoms with Crippen molar-refractivity contribution in [2.24, 2.45) is 11.7 Å². The summed E-state index contributed by atoms with van der Waals surface area (Å²) in [6.45, 7) is 0. The van der Waals surface area contributed by atoms with E-state index in [0.717, 1.165) is 12.8 Å². The van der Waals surface area contributed by atoms with Crippen LogP contribution in [0.1, 0.15) is 12.8 Å². The van der Waals surface area contributed by atoms with E-state index in [4.69, 9.17) is 5.73 Å². The Bertz CT molecular complexity index is 191. The first-order valence-corrected chi connectivity index (χ1v) is 3.54. The predicted octanol–water partition coefficient (Wildman–Crippen LogP) is -0.112. The lowest BCUT2D eigenvalue weighted by Crippen LogP contribution is -2.40. The third-order valence-electron chi connectivity index (χ3n) is 1.74. The second-order valence-electron chi connectivity index (χ2n) is 2.68. The Labute approximate surface area is 76.9 Å². The molecule has 0 spiro atoms. The van der Waals surface area contributed by atoms with Gasteiger partial charge in [-0.2, -0.15) is 0 Å². The molecule has 12 heavy (non-hydrogen) atoms. The number of ketones is 1. The number of esters is 1. The second kappa shape index (κ2) is 4.42. The van der Waals surface area contributed by atoms with Crippen molar-refractivity contribution in [1.29, 1.82) is 0 Å². The fourth-order valence-electron chi connectivity index (χ4n) is 0.865. The van der Waals surface area contributed by atoms with E-state index >= 15 is 0 Å². The molecule has 1 aliphatic rings. The highest BCUT2D eigenvalue weighted by molar-refractivity contribution is 6.04. The molecule has 0 bridgehead atoms. The molecule has 0 aliphatic heterocycles. The van der Waals surface area contributed by atoms with E-state index in [2.05, 4.69) is 4.74 Å². The number of carbonyl (C=O) groups is 2. The molecule has 1 fully saturated rings. The van der Waals surface area contributed by atoms with Gasteiger partial charge in [-0.3, -0.25) is 4.79 Å². The highest BCUT2D eigenvalue weighted by atomic mass is 35.5. The molecule has 5 heteroatoms. The molecular formula is C7H12ClNO3. The van der Waals surface area contributed by atoms with Crippen LogP contribution in [0.5, 0.6) is 0 Å². The molecule has 70 valence electrons. The molecule has 4 nitrogen and oxygen atoms in total. The Morgan fingerprint density at radius 3 is 2.33 bits per heavy atom. The van der Waals surface area contributed by atoms with Gasteiger partial charge in [0.25, 0.3) is 0 Å². The van der Waals surface area contributed by atoms with Crippen molar-refractivity contribution < 1.29 is 14.3 Å². The first-order valence-electron chi connectivity index (χ1n) is 3.54. The first-order chi connectivity index (χ1) is 5.16. The van der Waals surface area contributed by atoms with Crippen LogP contribution >= 0.6 is 12.4 Å². The van der Waals surface area contributed by atoms with Crippen molar-refractivity contribution in [2.45, 2.75) is 18.9 Å². The van der Waals surface area contributed by atoms with Crippen LogP contribution in [-0.2, 0) is 14.3 Å². The number of nitrogens with two attached hydrogens (primary N) is 1. The van der Waals surface area contributed by atoms with Crippen molar-refractivity contribution in [2.75, 3.05) is 7.11 Å². The normalized spacial score (nSPS) is 17.5. The van der Waals surface area contributed by atoms with Crippen molar-refractivity contribution >= 4 is 24.2 Å². The molecule has 1 unspecified atom stereocenters. The molecular weight excluding hydrogens is 182 g/mol. The smallest absolute Gasteiger partial charge is 0.330 e. The summed E-state index contributed by atoms with van der Waals surface area (Å²) >= 11 is 0. The van der Waals surface area contributed by atoms with Crippen LogP contribution < -0.4 is 5.73 Å². The monoisotopic (exact) mass is 193 g/mol. The van der Waals surface area contributed by atoms with Crippen molar-refractivity contribution in [3.05, 3.63) is 0 Å². The Kier molecular flexibility index (Phi) is 4.20. The van der Waals surface area contributed by atoms with Gasteiger partial charge in [0.05, 0.1) is 7.11 Å². The van der Waals surface area contributed by atoms with E-state index in [9.17, 15) is 9.59 Å². The molecule has 0 radical (unpaired) electrons. The number of hydrogen-bond acceptors (Lipinski definition) is 4. The Morgan fingerprint density at radius 2 is 2.00 bits per heavy atom. The molecule has 1 aliphatic carbocycles. The van der Waals surface area contributed by atoms with Crippen LogP contribution in [0.4, 0.5) is 0 Å². The molecule has 0 aromatic heterocycles. The van der Waals surface area contributed by atoms with E-state index in [0.29, 0.717) is 0 Å². The molecule has 0 saturated heterocycles. The standard InChI is InChI=1S/C7H11NO3.ClH/c1-11-7(10)5(8)6(9)4-2-3-4;/h4-5H,2-3,8H2,1H3;1H.